The minimum atomic E-state index is 0.234. The zero-order valence-electron chi connectivity index (χ0n) is 12.4. The molecule has 0 radical (unpaired) electrons. The van der Waals surface area contributed by atoms with Gasteiger partial charge in [-0.25, -0.2) is 0 Å². The van der Waals surface area contributed by atoms with Crippen LogP contribution in [0.4, 0.5) is 0 Å². The van der Waals surface area contributed by atoms with Crippen molar-refractivity contribution in [3.05, 3.63) is 12.2 Å². The number of aliphatic hydroxyl groups excluding tert-OH is 1. The van der Waals surface area contributed by atoms with Crippen molar-refractivity contribution >= 4 is 6.21 Å². The smallest absolute Gasteiger partial charge is 0.102 e. The van der Waals surface area contributed by atoms with E-state index in [2.05, 4.69) is 29.0 Å². The Morgan fingerprint density at radius 2 is 2.00 bits per heavy atom. The topological polar surface area (TPSA) is 35.8 Å². The highest BCUT2D eigenvalue weighted by Crippen LogP contribution is 2.14. The summed E-state index contributed by atoms with van der Waals surface area (Å²) in [6.07, 6.45) is 17.0. The van der Waals surface area contributed by atoms with Gasteiger partial charge in [0.1, 0.15) is 6.17 Å². The van der Waals surface area contributed by atoms with E-state index in [9.17, 15) is 0 Å². The van der Waals surface area contributed by atoms with Gasteiger partial charge >= 0.3 is 0 Å². The average Bonchev–Trinajstić information content (AvgIpc) is 2.85. The third-order valence-corrected chi connectivity index (χ3v) is 3.63. The van der Waals surface area contributed by atoms with E-state index >= 15 is 0 Å². The molecule has 0 aliphatic carbocycles. The summed E-state index contributed by atoms with van der Waals surface area (Å²) < 4.78 is 0. The van der Waals surface area contributed by atoms with E-state index in [1.54, 1.807) is 0 Å². The second-order valence-electron chi connectivity index (χ2n) is 5.28. The van der Waals surface area contributed by atoms with Gasteiger partial charge in [0.25, 0.3) is 0 Å². The summed E-state index contributed by atoms with van der Waals surface area (Å²) in [6.45, 7) is 4.13. The third-order valence-electron chi connectivity index (χ3n) is 3.63. The summed E-state index contributed by atoms with van der Waals surface area (Å²) in [5.74, 6) is 0. The Hall–Kier alpha value is -0.670. The van der Waals surface area contributed by atoms with Gasteiger partial charge in [0.2, 0.25) is 0 Å². The number of hydrogen-bond acceptors (Lipinski definition) is 3. The van der Waals surface area contributed by atoms with E-state index in [-0.39, 0.29) is 6.61 Å². The van der Waals surface area contributed by atoms with E-state index in [0.29, 0.717) is 6.17 Å². The quantitative estimate of drug-likeness (QED) is 0.459. The first kappa shape index (κ1) is 16.4. The molecule has 0 spiro atoms. The second kappa shape index (κ2) is 11.2. The maximum Gasteiger partial charge on any atom is 0.102 e. The van der Waals surface area contributed by atoms with E-state index in [1.165, 1.54) is 38.5 Å². The number of nitrogens with zero attached hydrogens (tertiary/aromatic N) is 2. The normalized spacial score (nSPS) is 19.8. The second-order valence-corrected chi connectivity index (χ2v) is 5.28. The van der Waals surface area contributed by atoms with Gasteiger partial charge < -0.3 is 5.11 Å². The lowest BCUT2D eigenvalue weighted by atomic mass is 10.1. The van der Waals surface area contributed by atoms with Gasteiger partial charge in [-0.2, -0.15) is 0 Å². The molecule has 0 fully saturated rings. The van der Waals surface area contributed by atoms with E-state index in [4.69, 9.17) is 5.11 Å². The largest absolute Gasteiger partial charge is 0.395 e. The minimum absolute atomic E-state index is 0.234. The van der Waals surface area contributed by atoms with Gasteiger partial charge in [-0.3, -0.25) is 9.89 Å². The summed E-state index contributed by atoms with van der Waals surface area (Å²) in [5, 5.41) is 8.97. The predicted octanol–water partition coefficient (Wildman–Crippen LogP) is 3.39. The van der Waals surface area contributed by atoms with Crippen molar-refractivity contribution in [2.75, 3.05) is 19.7 Å². The fourth-order valence-corrected chi connectivity index (χ4v) is 2.46. The maximum atomic E-state index is 8.97. The fraction of sp³-hybridized carbons (Fsp3) is 0.812. The third kappa shape index (κ3) is 7.48. The average molecular weight is 266 g/mol. The van der Waals surface area contributed by atoms with Crippen LogP contribution in [0, 0.1) is 0 Å². The predicted molar refractivity (Wildman–Crippen MR) is 82.7 cm³/mol. The van der Waals surface area contributed by atoms with Crippen molar-refractivity contribution < 1.29 is 5.11 Å². The number of aliphatic imine (C=N–C) groups is 1. The molecule has 1 rings (SSSR count). The van der Waals surface area contributed by atoms with Crippen molar-refractivity contribution in [2.45, 2.75) is 64.5 Å². The Kier molecular flexibility index (Phi) is 9.64. The number of aliphatic hydroxyl groups is 1. The Bertz CT molecular complexity index is 263. The van der Waals surface area contributed by atoms with Crippen LogP contribution in [0.1, 0.15) is 58.3 Å². The number of allylic oxidation sites excluding steroid dienone is 2. The van der Waals surface area contributed by atoms with Gasteiger partial charge in [0, 0.05) is 19.3 Å². The zero-order valence-corrected chi connectivity index (χ0v) is 12.4. The molecule has 1 unspecified atom stereocenters. The van der Waals surface area contributed by atoms with Gasteiger partial charge in [-0.1, -0.05) is 38.3 Å². The molecule has 1 heterocycles. The molecule has 1 atom stereocenters. The van der Waals surface area contributed by atoms with Crippen LogP contribution < -0.4 is 0 Å². The highest BCUT2D eigenvalue weighted by molar-refractivity contribution is 5.62. The van der Waals surface area contributed by atoms with Crippen molar-refractivity contribution in [1.29, 1.82) is 0 Å². The number of rotatable bonds is 11. The summed E-state index contributed by atoms with van der Waals surface area (Å²) in [7, 11) is 0. The van der Waals surface area contributed by atoms with Gasteiger partial charge in [-0.15, -0.1) is 0 Å². The number of hydrogen-bond donors (Lipinski definition) is 1. The molecule has 0 aromatic rings. The van der Waals surface area contributed by atoms with E-state index in [1.807, 2.05) is 6.21 Å². The van der Waals surface area contributed by atoms with E-state index in [0.717, 1.165) is 25.9 Å². The van der Waals surface area contributed by atoms with Crippen LogP contribution in [0.2, 0.25) is 0 Å². The molecule has 0 aromatic heterocycles. The first-order chi connectivity index (χ1) is 9.38. The van der Waals surface area contributed by atoms with Gasteiger partial charge in [0.15, 0.2) is 0 Å². The lowest BCUT2D eigenvalue weighted by Crippen LogP contribution is -2.32. The Balaban J connectivity index is 1.98. The standard InChI is InChI=1S/C16H30N2O/c1-2-3-4-5-6-7-8-9-10-11-16-17-12-13-18(16)14-15-19/h7-8,12,16,19H,2-6,9-11,13-15H2,1H3/b8-7+. The Morgan fingerprint density at radius 1 is 1.21 bits per heavy atom. The molecular weight excluding hydrogens is 236 g/mol. The van der Waals surface area contributed by atoms with Crippen molar-refractivity contribution in [3.63, 3.8) is 0 Å². The monoisotopic (exact) mass is 266 g/mol. The van der Waals surface area contributed by atoms with Crippen LogP contribution >= 0.6 is 0 Å². The van der Waals surface area contributed by atoms with E-state index < -0.39 is 0 Å². The highest BCUT2D eigenvalue weighted by Gasteiger charge is 2.19. The van der Waals surface area contributed by atoms with Crippen LogP contribution in [-0.2, 0) is 0 Å². The first-order valence-electron chi connectivity index (χ1n) is 7.90. The lowest BCUT2D eigenvalue weighted by Gasteiger charge is -2.21. The molecule has 0 amide bonds. The SMILES string of the molecule is CCCCCC/C=C/CCCC1N=CCN1CCO. The molecule has 3 nitrogen and oxygen atoms in total. The molecule has 1 aliphatic heterocycles. The van der Waals surface area contributed by atoms with Crippen LogP contribution in [0.5, 0.6) is 0 Å². The first-order valence-corrected chi connectivity index (χ1v) is 7.90. The van der Waals surface area contributed by atoms with Gasteiger partial charge in [0.05, 0.1) is 6.61 Å². The summed E-state index contributed by atoms with van der Waals surface area (Å²) in [6, 6.07) is 0. The molecule has 0 aromatic carbocycles. The molecule has 110 valence electrons. The molecule has 1 N–H and O–H groups in total. The van der Waals surface area contributed by atoms with Crippen LogP contribution in [0.3, 0.4) is 0 Å². The molecule has 0 saturated heterocycles. The summed E-state index contributed by atoms with van der Waals surface area (Å²) in [4.78, 5) is 6.71. The van der Waals surface area contributed by atoms with Crippen molar-refractivity contribution in [1.82, 2.24) is 4.90 Å². The molecule has 0 bridgehead atoms. The van der Waals surface area contributed by atoms with Crippen LogP contribution in [-0.4, -0.2) is 42.1 Å². The van der Waals surface area contributed by atoms with Crippen molar-refractivity contribution in [3.8, 4) is 0 Å². The lowest BCUT2D eigenvalue weighted by molar-refractivity contribution is 0.177. The molecule has 19 heavy (non-hydrogen) atoms. The summed E-state index contributed by atoms with van der Waals surface area (Å²) >= 11 is 0. The summed E-state index contributed by atoms with van der Waals surface area (Å²) in [5.41, 5.74) is 0. The van der Waals surface area contributed by atoms with Crippen LogP contribution in [0.25, 0.3) is 0 Å². The highest BCUT2D eigenvalue weighted by atomic mass is 16.3. The Labute approximate surface area is 118 Å². The zero-order chi connectivity index (χ0) is 13.8. The minimum Gasteiger partial charge on any atom is -0.395 e. The van der Waals surface area contributed by atoms with Gasteiger partial charge in [-0.05, 0) is 32.1 Å². The maximum absolute atomic E-state index is 8.97. The number of β-amino-alcohol motifs (C(OH)–C–C–N with tert-alkyl or cyclic N) is 1. The Morgan fingerprint density at radius 3 is 2.74 bits per heavy atom. The van der Waals surface area contributed by atoms with Crippen molar-refractivity contribution in [2.24, 2.45) is 4.99 Å². The number of unbranched alkanes of at least 4 members (excludes halogenated alkanes) is 5. The van der Waals surface area contributed by atoms with Crippen LogP contribution in [0.15, 0.2) is 17.1 Å². The molecule has 1 aliphatic rings. The molecular formula is C16H30N2O. The molecule has 0 saturated carbocycles. The fourth-order valence-electron chi connectivity index (χ4n) is 2.46. The molecule has 3 heteroatoms.